The highest BCUT2D eigenvalue weighted by atomic mass is 28.2. The fraction of sp³-hybridized carbons (Fsp3) is 1.00. The lowest BCUT2D eigenvalue weighted by molar-refractivity contribution is 1.36. The van der Waals surface area contributed by atoms with Crippen LogP contribution in [0.2, 0.25) is 12.1 Å². The molecule has 0 unspecified atom stereocenters. The van der Waals surface area contributed by atoms with Crippen LogP contribution in [0.1, 0.15) is 28.7 Å². The Labute approximate surface area is 51.1 Å². The molecule has 48 valence electrons. The van der Waals surface area contributed by atoms with Gasteiger partial charge >= 0.3 is 0 Å². The first-order chi connectivity index (χ1) is 2.41. The van der Waals surface area contributed by atoms with Crippen molar-refractivity contribution in [1.82, 2.24) is 0 Å². The summed E-state index contributed by atoms with van der Waals surface area (Å²) in [6.45, 7) is 4.55. The van der Waals surface area contributed by atoms with Crippen molar-refractivity contribution in [1.29, 1.82) is 0 Å². The van der Waals surface area contributed by atoms with E-state index in [0.29, 0.717) is 9.52 Å². The molecule has 0 aliphatic rings. The molecule has 0 aromatic heterocycles. The van der Waals surface area contributed by atoms with Gasteiger partial charge in [-0.2, -0.15) is 0 Å². The summed E-state index contributed by atoms with van der Waals surface area (Å²) < 4.78 is 0. The van der Waals surface area contributed by atoms with Crippen LogP contribution in [0.25, 0.3) is 0 Å². The third-order valence-electron chi connectivity index (χ3n) is 0.707. The molecule has 0 atom stereocenters. The zero-order chi connectivity index (χ0) is 4.12. The Morgan fingerprint density at radius 1 is 1.00 bits per heavy atom. The first kappa shape index (κ1) is 15.7. The molecule has 0 aliphatic carbocycles. The van der Waals surface area contributed by atoms with E-state index in [1.807, 2.05) is 0 Å². The second kappa shape index (κ2) is 16.4. The molecule has 0 N–H and O–H groups in total. The lowest BCUT2D eigenvalue weighted by atomic mass is 11.0. The van der Waals surface area contributed by atoms with Crippen molar-refractivity contribution in [3.63, 3.8) is 0 Å². The normalized spacial score (nSPS) is 6.00. The summed E-state index contributed by atoms with van der Waals surface area (Å²) >= 11 is 0. The van der Waals surface area contributed by atoms with Gasteiger partial charge in [-0.3, -0.25) is 0 Å². The second-order valence-corrected chi connectivity index (χ2v) is 4.06. The molecule has 0 heterocycles. The maximum absolute atomic E-state index is 2.27. The van der Waals surface area contributed by atoms with E-state index in [2.05, 4.69) is 13.8 Å². The first-order valence-electron chi connectivity index (χ1n) is 2.41. The predicted octanol–water partition coefficient (Wildman–Crippen LogP) is 2.30. The SMILES string of the molecule is C.C.CC[SiH2]CC. The maximum atomic E-state index is 2.27. The molecule has 0 spiro atoms. The Morgan fingerprint density at radius 2 is 1.29 bits per heavy atom. The summed E-state index contributed by atoms with van der Waals surface area (Å²) in [6, 6.07) is 2.97. The molecule has 0 radical (unpaired) electrons. The molecule has 0 fully saturated rings. The molecule has 0 aromatic rings. The van der Waals surface area contributed by atoms with E-state index in [1.54, 1.807) is 0 Å². The second-order valence-electron chi connectivity index (χ2n) is 1.35. The maximum Gasteiger partial charge on any atom is 0.0192 e. The van der Waals surface area contributed by atoms with E-state index >= 15 is 0 Å². The molecule has 7 heavy (non-hydrogen) atoms. The van der Waals surface area contributed by atoms with Gasteiger partial charge in [-0.15, -0.1) is 0 Å². The number of hydrogen-bond acceptors (Lipinski definition) is 0. The van der Waals surface area contributed by atoms with E-state index < -0.39 is 0 Å². The minimum atomic E-state index is 0. The lowest BCUT2D eigenvalue weighted by Crippen LogP contribution is -1.76. The van der Waals surface area contributed by atoms with Crippen LogP contribution in [0.5, 0.6) is 0 Å². The van der Waals surface area contributed by atoms with Crippen molar-refractivity contribution in [3.05, 3.63) is 0 Å². The Balaban J connectivity index is -0.0000000800. The predicted molar refractivity (Wildman–Crippen MR) is 43.0 cm³/mol. The van der Waals surface area contributed by atoms with Gasteiger partial charge in [0.05, 0.1) is 0 Å². The Hall–Kier alpha value is 0.217. The summed E-state index contributed by atoms with van der Waals surface area (Å²) in [5.74, 6) is 0. The third kappa shape index (κ3) is 22.5. The van der Waals surface area contributed by atoms with Crippen molar-refractivity contribution in [2.75, 3.05) is 0 Å². The van der Waals surface area contributed by atoms with Gasteiger partial charge < -0.3 is 0 Å². The molecule has 0 bridgehead atoms. The summed E-state index contributed by atoms with van der Waals surface area (Å²) in [7, 11) is 0.432. The van der Waals surface area contributed by atoms with Crippen LogP contribution in [-0.2, 0) is 0 Å². The van der Waals surface area contributed by atoms with Gasteiger partial charge in [-0.25, -0.2) is 0 Å². The van der Waals surface area contributed by atoms with E-state index in [1.165, 1.54) is 12.1 Å². The van der Waals surface area contributed by atoms with E-state index in [-0.39, 0.29) is 14.9 Å². The molecule has 0 aliphatic heterocycles. The fourth-order valence-electron chi connectivity index (χ4n) is 0.354. The summed E-state index contributed by atoms with van der Waals surface area (Å²) in [5, 5.41) is 0. The third-order valence-corrected chi connectivity index (χ3v) is 2.12. The summed E-state index contributed by atoms with van der Waals surface area (Å²) in [4.78, 5) is 0. The van der Waals surface area contributed by atoms with Crippen LogP contribution in [-0.4, -0.2) is 9.52 Å². The van der Waals surface area contributed by atoms with E-state index in [4.69, 9.17) is 0 Å². The molecule has 0 saturated carbocycles. The largest absolute Gasteiger partial charge is 0.0776 e. The molecule has 0 nitrogen and oxygen atoms in total. The average Bonchev–Trinajstić information content (AvgIpc) is 1.41. The van der Waals surface area contributed by atoms with Crippen molar-refractivity contribution < 1.29 is 0 Å². The van der Waals surface area contributed by atoms with Crippen LogP contribution >= 0.6 is 0 Å². The summed E-state index contributed by atoms with van der Waals surface area (Å²) in [5.41, 5.74) is 0. The van der Waals surface area contributed by atoms with Crippen LogP contribution < -0.4 is 0 Å². The number of rotatable bonds is 2. The van der Waals surface area contributed by atoms with Gasteiger partial charge in [0.15, 0.2) is 0 Å². The topological polar surface area (TPSA) is 0 Å². The molecule has 0 rings (SSSR count). The highest BCUT2D eigenvalue weighted by Gasteiger charge is 1.70. The van der Waals surface area contributed by atoms with Crippen LogP contribution in [0.4, 0.5) is 0 Å². The van der Waals surface area contributed by atoms with Crippen LogP contribution in [0.15, 0.2) is 0 Å². The number of hydrogen-bond donors (Lipinski definition) is 0. The van der Waals surface area contributed by atoms with E-state index in [9.17, 15) is 0 Å². The standard InChI is InChI=1S/C4H12Si.2CH4/c1-3-5-4-2;;/h3-5H2,1-2H3;2*1H4. The molecule has 0 saturated heterocycles. The monoisotopic (exact) mass is 120 g/mol. The van der Waals surface area contributed by atoms with Gasteiger partial charge in [-0.05, 0) is 0 Å². The van der Waals surface area contributed by atoms with Gasteiger partial charge in [0.1, 0.15) is 0 Å². The fourth-order valence-corrected chi connectivity index (χ4v) is 1.06. The Kier molecular flexibility index (Phi) is 36.6. The molecule has 0 aromatic carbocycles. The first-order valence-corrected chi connectivity index (χ1v) is 4.41. The highest BCUT2D eigenvalue weighted by Crippen LogP contribution is 1.77. The van der Waals surface area contributed by atoms with Crippen LogP contribution in [0, 0.1) is 0 Å². The van der Waals surface area contributed by atoms with Crippen molar-refractivity contribution >= 4 is 9.52 Å². The highest BCUT2D eigenvalue weighted by molar-refractivity contribution is 6.34. The molecular weight excluding hydrogens is 100 g/mol. The molecular formula is C6H20Si. The Bertz CT molecular complexity index is 11.7. The van der Waals surface area contributed by atoms with Crippen molar-refractivity contribution in [3.8, 4) is 0 Å². The zero-order valence-corrected chi connectivity index (χ0v) is 5.54. The average molecular weight is 120 g/mol. The Morgan fingerprint density at radius 3 is 1.29 bits per heavy atom. The minimum absolute atomic E-state index is 0. The molecule has 1 heteroatoms. The smallest absolute Gasteiger partial charge is 0.0192 e. The van der Waals surface area contributed by atoms with Gasteiger partial charge in [0.25, 0.3) is 0 Å². The zero-order valence-electron chi connectivity index (χ0n) is 4.12. The molecule has 0 amide bonds. The van der Waals surface area contributed by atoms with Gasteiger partial charge in [-0.1, -0.05) is 40.8 Å². The quantitative estimate of drug-likeness (QED) is 0.491. The summed E-state index contributed by atoms with van der Waals surface area (Å²) in [6.07, 6.45) is 0. The van der Waals surface area contributed by atoms with Gasteiger partial charge in [0, 0.05) is 9.52 Å². The van der Waals surface area contributed by atoms with Crippen LogP contribution in [0.3, 0.4) is 0 Å². The minimum Gasteiger partial charge on any atom is -0.0776 e. The van der Waals surface area contributed by atoms with E-state index in [0.717, 1.165) is 0 Å². The van der Waals surface area contributed by atoms with Crippen molar-refractivity contribution in [2.24, 2.45) is 0 Å². The van der Waals surface area contributed by atoms with Gasteiger partial charge in [0.2, 0.25) is 0 Å². The lowest BCUT2D eigenvalue weighted by Gasteiger charge is -1.77. The van der Waals surface area contributed by atoms with Crippen molar-refractivity contribution in [2.45, 2.75) is 40.8 Å².